The van der Waals surface area contributed by atoms with Crippen molar-refractivity contribution < 1.29 is 9.90 Å². The molecule has 0 saturated heterocycles. The van der Waals surface area contributed by atoms with E-state index in [1.54, 1.807) is 0 Å². The van der Waals surface area contributed by atoms with E-state index in [1.165, 1.54) is 18.9 Å². The van der Waals surface area contributed by atoms with Gasteiger partial charge in [0.2, 0.25) is 0 Å². The van der Waals surface area contributed by atoms with Crippen LogP contribution in [-0.2, 0) is 4.79 Å². The Labute approximate surface area is 124 Å². The van der Waals surface area contributed by atoms with Gasteiger partial charge >= 0.3 is 5.97 Å². The molecule has 0 atom stereocenters. The maximum Gasteiger partial charge on any atom is 0.328 e. The molecular formula is C16H20ClNO2. The molecule has 0 spiro atoms. The topological polar surface area (TPSA) is 40.5 Å². The predicted octanol–water partition coefficient (Wildman–Crippen LogP) is 4.06. The summed E-state index contributed by atoms with van der Waals surface area (Å²) >= 11 is 6.24. The van der Waals surface area contributed by atoms with Crippen LogP contribution >= 0.6 is 11.6 Å². The quantitative estimate of drug-likeness (QED) is 0.771. The van der Waals surface area contributed by atoms with Crippen LogP contribution in [0, 0.1) is 5.92 Å². The van der Waals surface area contributed by atoms with E-state index in [0.29, 0.717) is 5.02 Å². The zero-order valence-electron chi connectivity index (χ0n) is 11.7. The number of carboxylic acids is 1. The van der Waals surface area contributed by atoms with E-state index in [0.717, 1.165) is 42.8 Å². The molecule has 0 unspecified atom stereocenters. The molecule has 0 radical (unpaired) electrons. The normalized spacial score (nSPS) is 14.7. The van der Waals surface area contributed by atoms with Crippen LogP contribution in [0.4, 0.5) is 5.69 Å². The van der Waals surface area contributed by atoms with Crippen molar-refractivity contribution in [2.75, 3.05) is 18.0 Å². The standard InChI is InChI=1S/C16H20ClNO2/c1-2-9-18(11-12-3-4-12)14-7-5-13(15(17)10-14)6-8-16(19)20/h5-8,10,12H,2-4,9,11H2,1H3,(H,19,20)/b8-6+. The zero-order chi connectivity index (χ0) is 14.5. The van der Waals surface area contributed by atoms with Crippen LogP contribution in [0.3, 0.4) is 0 Å². The highest BCUT2D eigenvalue weighted by Gasteiger charge is 2.24. The minimum Gasteiger partial charge on any atom is -0.478 e. The van der Waals surface area contributed by atoms with Crippen LogP contribution in [-0.4, -0.2) is 24.2 Å². The Kier molecular flexibility index (Phi) is 5.07. The fraction of sp³-hybridized carbons (Fsp3) is 0.438. The number of aliphatic carboxylic acids is 1. The Bertz CT molecular complexity index is 509. The van der Waals surface area contributed by atoms with Gasteiger partial charge in [-0.15, -0.1) is 0 Å². The van der Waals surface area contributed by atoms with E-state index in [-0.39, 0.29) is 0 Å². The minimum atomic E-state index is -0.966. The molecule has 0 amide bonds. The van der Waals surface area contributed by atoms with Crippen LogP contribution in [0.1, 0.15) is 31.7 Å². The van der Waals surface area contributed by atoms with Crippen LogP contribution in [0.15, 0.2) is 24.3 Å². The third kappa shape index (κ3) is 4.27. The molecule has 20 heavy (non-hydrogen) atoms. The summed E-state index contributed by atoms with van der Waals surface area (Å²) in [5, 5.41) is 9.24. The molecule has 0 aromatic heterocycles. The van der Waals surface area contributed by atoms with Crippen LogP contribution in [0.2, 0.25) is 5.02 Å². The van der Waals surface area contributed by atoms with Gasteiger partial charge in [-0.2, -0.15) is 0 Å². The van der Waals surface area contributed by atoms with Crippen LogP contribution < -0.4 is 4.90 Å². The molecule has 1 N–H and O–H groups in total. The molecule has 0 aliphatic heterocycles. The molecule has 1 saturated carbocycles. The van der Waals surface area contributed by atoms with Gasteiger partial charge in [-0.3, -0.25) is 0 Å². The lowest BCUT2D eigenvalue weighted by Crippen LogP contribution is -2.26. The molecule has 1 aliphatic rings. The molecule has 3 nitrogen and oxygen atoms in total. The van der Waals surface area contributed by atoms with Crippen molar-refractivity contribution in [3.63, 3.8) is 0 Å². The Hall–Kier alpha value is -1.48. The number of carboxylic acid groups (broad SMARTS) is 1. The van der Waals surface area contributed by atoms with Crippen molar-refractivity contribution in [2.24, 2.45) is 5.92 Å². The summed E-state index contributed by atoms with van der Waals surface area (Å²) in [4.78, 5) is 12.9. The lowest BCUT2D eigenvalue weighted by molar-refractivity contribution is -0.131. The fourth-order valence-electron chi connectivity index (χ4n) is 2.22. The maximum atomic E-state index is 10.5. The SMILES string of the molecule is CCCN(CC1CC1)c1ccc(/C=C/C(=O)O)c(Cl)c1. The number of halogens is 1. The Morgan fingerprint density at radius 3 is 2.80 bits per heavy atom. The summed E-state index contributed by atoms with van der Waals surface area (Å²) in [5.41, 5.74) is 1.86. The summed E-state index contributed by atoms with van der Waals surface area (Å²) in [5.74, 6) is -0.140. The molecule has 1 fully saturated rings. The fourth-order valence-corrected chi connectivity index (χ4v) is 2.45. The predicted molar refractivity (Wildman–Crippen MR) is 83.3 cm³/mol. The largest absolute Gasteiger partial charge is 0.478 e. The van der Waals surface area contributed by atoms with Gasteiger partial charge in [0.15, 0.2) is 0 Å². The molecule has 108 valence electrons. The first kappa shape index (κ1) is 14.9. The Morgan fingerprint density at radius 2 is 2.25 bits per heavy atom. The van der Waals surface area contributed by atoms with Crippen molar-refractivity contribution in [3.05, 3.63) is 34.9 Å². The van der Waals surface area contributed by atoms with Gasteiger partial charge in [-0.05, 0) is 49.0 Å². The van der Waals surface area contributed by atoms with Gasteiger partial charge in [-0.25, -0.2) is 4.79 Å². The first-order valence-corrected chi connectivity index (χ1v) is 7.43. The first-order chi connectivity index (χ1) is 9.60. The highest BCUT2D eigenvalue weighted by atomic mass is 35.5. The Morgan fingerprint density at radius 1 is 1.50 bits per heavy atom. The molecule has 4 heteroatoms. The Balaban J connectivity index is 2.14. The van der Waals surface area contributed by atoms with Gasteiger partial charge in [-0.1, -0.05) is 24.6 Å². The molecule has 0 heterocycles. The highest BCUT2D eigenvalue weighted by molar-refractivity contribution is 6.32. The van der Waals surface area contributed by atoms with Gasteiger partial charge in [0.1, 0.15) is 0 Å². The average molecular weight is 294 g/mol. The maximum absolute atomic E-state index is 10.5. The second-order valence-corrected chi connectivity index (χ2v) is 5.67. The second-order valence-electron chi connectivity index (χ2n) is 5.27. The number of rotatable bonds is 7. The monoisotopic (exact) mass is 293 g/mol. The third-order valence-corrected chi connectivity index (χ3v) is 3.75. The molecule has 1 aromatic rings. The number of hydrogen-bond donors (Lipinski definition) is 1. The van der Waals surface area contributed by atoms with Crippen LogP contribution in [0.5, 0.6) is 0 Å². The molecule has 0 bridgehead atoms. The van der Waals surface area contributed by atoms with E-state index in [9.17, 15) is 4.79 Å². The van der Waals surface area contributed by atoms with E-state index in [4.69, 9.17) is 16.7 Å². The van der Waals surface area contributed by atoms with Crippen molar-refractivity contribution in [1.29, 1.82) is 0 Å². The first-order valence-electron chi connectivity index (χ1n) is 7.05. The van der Waals surface area contributed by atoms with Gasteiger partial charge < -0.3 is 10.0 Å². The van der Waals surface area contributed by atoms with Gasteiger partial charge in [0.25, 0.3) is 0 Å². The van der Waals surface area contributed by atoms with E-state index < -0.39 is 5.97 Å². The van der Waals surface area contributed by atoms with Crippen molar-refractivity contribution in [3.8, 4) is 0 Å². The van der Waals surface area contributed by atoms with Gasteiger partial charge in [0.05, 0.1) is 0 Å². The van der Waals surface area contributed by atoms with Crippen molar-refractivity contribution >= 4 is 29.3 Å². The number of anilines is 1. The smallest absolute Gasteiger partial charge is 0.328 e. The number of benzene rings is 1. The number of nitrogens with zero attached hydrogens (tertiary/aromatic N) is 1. The van der Waals surface area contributed by atoms with Crippen LogP contribution in [0.25, 0.3) is 6.08 Å². The molecular weight excluding hydrogens is 274 g/mol. The van der Waals surface area contributed by atoms with Crippen molar-refractivity contribution in [2.45, 2.75) is 26.2 Å². The van der Waals surface area contributed by atoms with Crippen molar-refractivity contribution in [1.82, 2.24) is 0 Å². The molecule has 1 aliphatic carbocycles. The highest BCUT2D eigenvalue weighted by Crippen LogP contribution is 2.32. The van der Waals surface area contributed by atoms with E-state index >= 15 is 0 Å². The zero-order valence-corrected chi connectivity index (χ0v) is 12.4. The average Bonchev–Trinajstić information content (AvgIpc) is 3.20. The lowest BCUT2D eigenvalue weighted by Gasteiger charge is -2.24. The minimum absolute atomic E-state index is 0.594. The molecule has 2 rings (SSSR count). The third-order valence-electron chi connectivity index (χ3n) is 3.42. The second kappa shape index (κ2) is 6.80. The van der Waals surface area contributed by atoms with E-state index in [1.807, 2.05) is 18.2 Å². The summed E-state index contributed by atoms with van der Waals surface area (Å²) in [6, 6.07) is 5.83. The lowest BCUT2D eigenvalue weighted by atomic mass is 10.1. The summed E-state index contributed by atoms with van der Waals surface area (Å²) in [7, 11) is 0. The number of carbonyl (C=O) groups is 1. The van der Waals surface area contributed by atoms with Gasteiger partial charge in [0, 0.05) is 29.9 Å². The summed E-state index contributed by atoms with van der Waals surface area (Å²) in [6.45, 7) is 4.29. The van der Waals surface area contributed by atoms with E-state index in [2.05, 4.69) is 11.8 Å². The number of hydrogen-bond acceptors (Lipinski definition) is 2. The molecule has 1 aromatic carbocycles. The summed E-state index contributed by atoms with van der Waals surface area (Å²) < 4.78 is 0. The summed E-state index contributed by atoms with van der Waals surface area (Å²) in [6.07, 6.45) is 6.39.